The molecule has 3 aliphatic heterocycles. The SMILES string of the molecule is COCOc1cc(OC)cc(/C=C/C[C@@H]2OC(C)(C)O[C@@H]2C(/C=C\[C@H]2CCC[C@H]2O)OC(=O)c2ccccc2)c1C(=O)O.COCOc1cc(OC)cc2c1C(=O)O[C@H]1CCC[C@H]1/C=C\C(OC(=O)c1ccccc1)[C@H]1OC(C)(C)O[C@H]1C/C=C/2. The largest absolute Gasteiger partial charge is 0.497 e. The molecule has 0 radical (unpaired) electrons. The van der Waals surface area contributed by atoms with Crippen LogP contribution >= 0.6 is 0 Å². The van der Waals surface area contributed by atoms with Crippen molar-refractivity contribution in [2.24, 2.45) is 11.8 Å². The lowest BCUT2D eigenvalue weighted by Crippen LogP contribution is -2.37. The molecule has 4 aromatic rings. The molecule has 85 heavy (non-hydrogen) atoms. The molecule has 4 aromatic carbocycles. The minimum absolute atomic E-state index is 0.0383. The van der Waals surface area contributed by atoms with Crippen LogP contribution in [0.1, 0.15) is 132 Å². The molecular weight excluding hydrogens is 1100 g/mol. The van der Waals surface area contributed by atoms with Gasteiger partial charge in [0, 0.05) is 38.2 Å². The van der Waals surface area contributed by atoms with Gasteiger partial charge in [-0.05, 0) is 132 Å². The molecular formula is C66H78O19. The van der Waals surface area contributed by atoms with Gasteiger partial charge in [-0.2, -0.15) is 0 Å². The summed E-state index contributed by atoms with van der Waals surface area (Å²) >= 11 is 0. The fourth-order valence-corrected chi connectivity index (χ4v) is 11.1. The number of ether oxygens (including phenoxy) is 13. The van der Waals surface area contributed by atoms with Crippen LogP contribution in [0, 0.1) is 11.8 Å². The minimum Gasteiger partial charge on any atom is -0.497 e. The van der Waals surface area contributed by atoms with Crippen LogP contribution in [0.25, 0.3) is 12.2 Å². The van der Waals surface area contributed by atoms with Crippen molar-refractivity contribution in [2.75, 3.05) is 42.0 Å². The topological polar surface area (TPSA) is 229 Å². The van der Waals surface area contributed by atoms with E-state index in [0.717, 1.165) is 32.1 Å². The van der Waals surface area contributed by atoms with E-state index in [1.54, 1.807) is 106 Å². The molecule has 4 fully saturated rings. The summed E-state index contributed by atoms with van der Waals surface area (Å²) < 4.78 is 75.4. The van der Waals surface area contributed by atoms with Crippen LogP contribution in [0.4, 0.5) is 0 Å². The number of methoxy groups -OCH3 is 4. The molecule has 2 N–H and O–H groups in total. The number of hydrogen-bond acceptors (Lipinski definition) is 18. The maximum atomic E-state index is 13.7. The average molecular weight is 1180 g/mol. The van der Waals surface area contributed by atoms with Gasteiger partial charge in [-0.15, -0.1) is 0 Å². The summed E-state index contributed by atoms with van der Waals surface area (Å²) in [5.41, 5.74) is 2.06. The monoisotopic (exact) mass is 1170 g/mol. The number of rotatable bonds is 19. The summed E-state index contributed by atoms with van der Waals surface area (Å²) in [5.74, 6) is -3.21. The smallest absolute Gasteiger partial charge is 0.342 e. The lowest BCUT2D eigenvalue weighted by molar-refractivity contribution is -0.153. The van der Waals surface area contributed by atoms with Gasteiger partial charge in [0.25, 0.3) is 0 Å². The molecule has 9 rings (SSSR count). The summed E-state index contributed by atoms with van der Waals surface area (Å²) in [5, 5.41) is 20.3. The van der Waals surface area contributed by atoms with Crippen molar-refractivity contribution in [3.05, 3.63) is 155 Å². The fraction of sp³-hybridized carbons (Fsp3) is 0.455. The molecule has 2 saturated heterocycles. The molecule has 0 spiro atoms. The predicted molar refractivity (Wildman–Crippen MR) is 312 cm³/mol. The Labute approximate surface area is 496 Å². The van der Waals surface area contributed by atoms with E-state index in [1.807, 2.05) is 56.4 Å². The molecule has 19 nitrogen and oxygen atoms in total. The first kappa shape index (κ1) is 63.7. The Morgan fingerprint density at radius 3 is 2.04 bits per heavy atom. The van der Waals surface area contributed by atoms with Gasteiger partial charge in [-0.3, -0.25) is 0 Å². The molecule has 19 heteroatoms. The second kappa shape index (κ2) is 29.6. The van der Waals surface area contributed by atoms with E-state index < -0.39 is 78.2 Å². The average Bonchev–Trinajstić information content (AvgIpc) is 3.04. The third-order valence-corrected chi connectivity index (χ3v) is 15.1. The number of aromatic carboxylic acids is 1. The number of aliphatic hydroxyl groups is 1. The Morgan fingerprint density at radius 1 is 0.729 bits per heavy atom. The van der Waals surface area contributed by atoms with Crippen LogP contribution in [-0.2, 0) is 42.6 Å². The first-order valence-corrected chi connectivity index (χ1v) is 28.6. The molecule has 10 atom stereocenters. The highest BCUT2D eigenvalue weighted by molar-refractivity contribution is 5.97. The van der Waals surface area contributed by atoms with E-state index in [1.165, 1.54) is 27.4 Å². The number of carboxylic acids is 1. The Bertz CT molecular complexity index is 3020. The van der Waals surface area contributed by atoms with E-state index in [-0.39, 0.29) is 42.8 Å². The van der Waals surface area contributed by atoms with Crippen molar-refractivity contribution in [1.82, 2.24) is 0 Å². The van der Waals surface area contributed by atoms with Gasteiger partial charge < -0.3 is 71.8 Å². The Morgan fingerprint density at radius 2 is 1.38 bits per heavy atom. The van der Waals surface area contributed by atoms with Crippen LogP contribution in [0.15, 0.2) is 121 Å². The number of hydrogen-bond donors (Lipinski definition) is 2. The number of carbonyl (C=O) groups excluding carboxylic acids is 3. The van der Waals surface area contributed by atoms with Crippen molar-refractivity contribution in [2.45, 2.75) is 139 Å². The zero-order valence-electron chi connectivity index (χ0n) is 49.4. The fourth-order valence-electron chi connectivity index (χ4n) is 11.1. The van der Waals surface area contributed by atoms with Gasteiger partial charge in [0.2, 0.25) is 0 Å². The van der Waals surface area contributed by atoms with Gasteiger partial charge in [0.05, 0.1) is 43.7 Å². The molecule has 0 amide bonds. The standard InChI is InChI=1S/C33H40O10.C33H38O9/c1-33(2)42-27(15-9-13-23-18-24(39-4)19-28(40-20-38-3)29(23)31(35)36)30(43-33)26(17-16-21-12-8-14-25(21)34)41-32(37)22-10-6-5-7-11-22;1-33(2)41-27-15-9-13-23-18-24(37-4)19-28(38-20-36-3)29(23)32(35)39-25-14-8-12-21(25)16-17-26(30(27)42-33)40-31(34)22-10-6-5-7-11-22/h5-7,9-11,13,16-19,21,25-27,30,34H,8,12,14-15,20H2,1-4H3,(H,35,36);5-7,9-11,13,16-19,21,25-27,30H,8,12,14-15,20H2,1-4H3/b2*13-9+,17-16-/t21-,25-,26?,27+,30-;21-,25-,26?,27-,30+/m10/s1. The number of carboxylic acid groups (broad SMARTS) is 1. The van der Waals surface area contributed by atoms with Gasteiger partial charge in [0.1, 0.15) is 64.6 Å². The highest BCUT2D eigenvalue weighted by atomic mass is 16.8. The third kappa shape index (κ3) is 17.0. The molecule has 456 valence electrons. The Hall–Kier alpha value is -7.36. The van der Waals surface area contributed by atoms with E-state index in [4.69, 9.17) is 61.6 Å². The van der Waals surface area contributed by atoms with Crippen LogP contribution in [0.2, 0.25) is 0 Å². The number of esters is 3. The van der Waals surface area contributed by atoms with Crippen molar-refractivity contribution in [3.8, 4) is 23.0 Å². The second-order valence-electron chi connectivity index (χ2n) is 22.1. The zero-order valence-corrected chi connectivity index (χ0v) is 49.4. The maximum absolute atomic E-state index is 13.7. The summed E-state index contributed by atoms with van der Waals surface area (Å²) in [4.78, 5) is 52.1. The lowest BCUT2D eigenvalue weighted by Gasteiger charge is -2.25. The minimum atomic E-state index is -1.17. The number of fused-ring (bicyclic) bond motifs is 3. The van der Waals surface area contributed by atoms with Crippen molar-refractivity contribution < 1.29 is 91.0 Å². The van der Waals surface area contributed by atoms with Crippen molar-refractivity contribution >= 4 is 36.0 Å². The van der Waals surface area contributed by atoms with Crippen LogP contribution in [0.5, 0.6) is 23.0 Å². The maximum Gasteiger partial charge on any atom is 0.342 e. The summed E-state index contributed by atoms with van der Waals surface area (Å²) in [6, 6.07) is 24.1. The first-order chi connectivity index (χ1) is 40.9. The number of carbonyl (C=O) groups is 4. The summed E-state index contributed by atoms with van der Waals surface area (Å²) in [6.07, 6.45) is 15.8. The van der Waals surface area contributed by atoms with Crippen LogP contribution in [0.3, 0.4) is 0 Å². The van der Waals surface area contributed by atoms with E-state index >= 15 is 0 Å². The molecule has 3 heterocycles. The van der Waals surface area contributed by atoms with Gasteiger partial charge in [-0.1, -0.05) is 79.3 Å². The van der Waals surface area contributed by atoms with Gasteiger partial charge in [0.15, 0.2) is 25.2 Å². The third-order valence-electron chi connectivity index (χ3n) is 15.1. The first-order valence-electron chi connectivity index (χ1n) is 28.6. The van der Waals surface area contributed by atoms with Crippen LogP contribution < -0.4 is 18.9 Å². The van der Waals surface area contributed by atoms with Crippen molar-refractivity contribution in [3.63, 3.8) is 0 Å². The molecule has 5 aliphatic rings. The van der Waals surface area contributed by atoms with Crippen LogP contribution in [-0.4, -0.2) is 137 Å². The molecule has 2 aliphatic carbocycles. The summed E-state index contributed by atoms with van der Waals surface area (Å²) in [6.45, 7) is 7.09. The van der Waals surface area contributed by atoms with Crippen molar-refractivity contribution in [1.29, 1.82) is 0 Å². The highest BCUT2D eigenvalue weighted by Gasteiger charge is 2.47. The van der Waals surface area contributed by atoms with E-state index in [0.29, 0.717) is 64.3 Å². The lowest BCUT2D eigenvalue weighted by atomic mass is 9.98. The molecule has 0 aromatic heterocycles. The molecule has 2 saturated carbocycles. The summed E-state index contributed by atoms with van der Waals surface area (Å²) in [7, 11) is 5.99. The Balaban J connectivity index is 0.000000221. The number of benzene rings is 4. The molecule has 0 bridgehead atoms. The quantitative estimate of drug-likeness (QED) is 0.0385. The zero-order chi connectivity index (χ0) is 60.7. The van der Waals surface area contributed by atoms with E-state index in [2.05, 4.69) is 0 Å². The van der Waals surface area contributed by atoms with Gasteiger partial charge in [-0.25, -0.2) is 19.2 Å². The highest BCUT2D eigenvalue weighted by Crippen LogP contribution is 2.40. The second-order valence-corrected chi connectivity index (χ2v) is 22.1. The Kier molecular flexibility index (Phi) is 22.2. The molecule has 2 unspecified atom stereocenters. The van der Waals surface area contributed by atoms with Gasteiger partial charge >= 0.3 is 23.9 Å². The predicted octanol–water partition coefficient (Wildman–Crippen LogP) is 11.0. The number of aliphatic hydroxyl groups excluding tert-OH is 1. The normalized spacial score (nSPS) is 26.1. The van der Waals surface area contributed by atoms with E-state index in [9.17, 15) is 29.4 Å².